The van der Waals surface area contributed by atoms with E-state index >= 15 is 0 Å². The normalized spacial score (nSPS) is 10.3. The molecule has 3 rings (SSSR count). The van der Waals surface area contributed by atoms with Gasteiger partial charge in [0.2, 0.25) is 0 Å². The Balaban J connectivity index is 2.03. The molecule has 3 aromatic carbocycles. The minimum atomic E-state index is -1.49. The van der Waals surface area contributed by atoms with E-state index in [1.807, 2.05) is 30.3 Å². The fourth-order valence-electron chi connectivity index (χ4n) is 2.89. The quantitative estimate of drug-likeness (QED) is 0.490. The molecule has 4 N–H and O–H groups in total. The fraction of sp³-hybridized carbons (Fsp3) is 0. The Kier molecular flexibility index (Phi) is 5.59. The Morgan fingerprint density at radius 3 is 1.83 bits per heavy atom. The van der Waals surface area contributed by atoms with Crippen LogP contribution in [0.3, 0.4) is 0 Å². The monoisotopic (exact) mass is 405 g/mol. The molecule has 0 unspecified atom stereocenters. The molecule has 0 aliphatic heterocycles. The zero-order valence-corrected chi connectivity index (χ0v) is 15.3. The molecule has 0 aliphatic rings. The summed E-state index contributed by atoms with van der Waals surface area (Å²) >= 11 is 0. The number of hydrogen-bond donors (Lipinski definition) is 4. The van der Waals surface area contributed by atoms with Crippen LogP contribution in [-0.4, -0.2) is 39.1 Å². The Morgan fingerprint density at radius 1 is 0.600 bits per heavy atom. The molecule has 150 valence electrons. The molecular weight excluding hydrogens is 390 g/mol. The molecule has 0 atom stereocenters. The molecule has 0 spiro atoms. The standard InChI is InChI=1S/C22H15NO7/c24-19(15-8-7-14(20(25)26)10-17(15)22(29)30)23-18-11-13(6-9-16(18)21(27)28)12-4-2-1-3-5-12/h1-11H,(H,23,24)(H,25,26)(H,27,28)(H,29,30). The topological polar surface area (TPSA) is 141 Å². The Bertz CT molecular complexity index is 1170. The molecular formula is C22H15NO7. The third-order valence-electron chi connectivity index (χ3n) is 4.35. The van der Waals surface area contributed by atoms with Gasteiger partial charge in [-0.05, 0) is 41.5 Å². The molecule has 0 heterocycles. The van der Waals surface area contributed by atoms with Crippen LogP contribution in [0.4, 0.5) is 5.69 Å². The maximum atomic E-state index is 12.7. The van der Waals surface area contributed by atoms with E-state index in [0.29, 0.717) is 5.56 Å². The SMILES string of the molecule is O=C(O)c1ccc(C(=O)Nc2cc(-c3ccccc3)ccc2C(=O)O)c(C(=O)O)c1. The summed E-state index contributed by atoms with van der Waals surface area (Å²) in [5, 5.41) is 30.3. The number of benzene rings is 3. The van der Waals surface area contributed by atoms with Crippen LogP contribution in [0.15, 0.2) is 66.7 Å². The van der Waals surface area contributed by atoms with Gasteiger partial charge in [0.25, 0.3) is 5.91 Å². The van der Waals surface area contributed by atoms with Crippen molar-refractivity contribution in [3.05, 3.63) is 89.0 Å². The van der Waals surface area contributed by atoms with Gasteiger partial charge >= 0.3 is 17.9 Å². The summed E-state index contributed by atoms with van der Waals surface area (Å²) in [6.45, 7) is 0. The van der Waals surface area contributed by atoms with Crippen LogP contribution < -0.4 is 5.32 Å². The summed E-state index contributed by atoms with van der Waals surface area (Å²) in [6, 6.07) is 16.5. The first kappa shape index (κ1) is 20.3. The zero-order chi connectivity index (χ0) is 21.8. The lowest BCUT2D eigenvalue weighted by atomic mass is 10.0. The molecule has 0 saturated carbocycles. The fourth-order valence-corrected chi connectivity index (χ4v) is 2.89. The van der Waals surface area contributed by atoms with Gasteiger partial charge in [0.05, 0.1) is 27.9 Å². The number of carbonyl (C=O) groups is 4. The summed E-state index contributed by atoms with van der Waals surface area (Å²) in [7, 11) is 0. The van der Waals surface area contributed by atoms with Gasteiger partial charge in [-0.3, -0.25) is 4.79 Å². The van der Waals surface area contributed by atoms with Crippen LogP contribution in [-0.2, 0) is 0 Å². The molecule has 8 nitrogen and oxygen atoms in total. The number of anilines is 1. The van der Waals surface area contributed by atoms with Crippen LogP contribution in [0.1, 0.15) is 41.4 Å². The second-order valence-electron chi connectivity index (χ2n) is 6.26. The highest BCUT2D eigenvalue weighted by atomic mass is 16.4. The average molecular weight is 405 g/mol. The highest BCUT2D eigenvalue weighted by Gasteiger charge is 2.21. The van der Waals surface area contributed by atoms with Crippen LogP contribution in [0.5, 0.6) is 0 Å². The van der Waals surface area contributed by atoms with Crippen LogP contribution in [0, 0.1) is 0 Å². The van der Waals surface area contributed by atoms with Crippen molar-refractivity contribution in [3.63, 3.8) is 0 Å². The Morgan fingerprint density at radius 2 is 1.23 bits per heavy atom. The number of hydrogen-bond acceptors (Lipinski definition) is 4. The molecule has 30 heavy (non-hydrogen) atoms. The maximum Gasteiger partial charge on any atom is 0.337 e. The molecule has 3 aromatic rings. The first-order valence-corrected chi connectivity index (χ1v) is 8.62. The third kappa shape index (κ3) is 4.17. The first-order chi connectivity index (χ1) is 14.3. The number of carbonyl (C=O) groups excluding carboxylic acids is 1. The number of carboxylic acids is 3. The van der Waals surface area contributed by atoms with Crippen molar-refractivity contribution in [1.82, 2.24) is 0 Å². The number of rotatable bonds is 6. The van der Waals surface area contributed by atoms with E-state index in [9.17, 15) is 29.4 Å². The minimum Gasteiger partial charge on any atom is -0.478 e. The number of aromatic carboxylic acids is 3. The van der Waals surface area contributed by atoms with Gasteiger partial charge < -0.3 is 20.6 Å². The van der Waals surface area contributed by atoms with Crippen LogP contribution in [0.2, 0.25) is 0 Å². The van der Waals surface area contributed by atoms with Crippen molar-refractivity contribution in [3.8, 4) is 11.1 Å². The van der Waals surface area contributed by atoms with E-state index in [1.54, 1.807) is 6.07 Å². The third-order valence-corrected chi connectivity index (χ3v) is 4.35. The Labute approximate surface area is 170 Å². The van der Waals surface area contributed by atoms with Gasteiger partial charge in [-0.25, -0.2) is 14.4 Å². The highest BCUT2D eigenvalue weighted by molar-refractivity contribution is 6.13. The molecule has 1 amide bonds. The second-order valence-corrected chi connectivity index (χ2v) is 6.26. The second kappa shape index (κ2) is 8.27. The predicted octanol–water partition coefficient (Wildman–Crippen LogP) is 3.70. The van der Waals surface area contributed by atoms with E-state index in [-0.39, 0.29) is 22.4 Å². The lowest BCUT2D eigenvalue weighted by molar-refractivity contribution is 0.0680. The lowest BCUT2D eigenvalue weighted by Crippen LogP contribution is -2.19. The average Bonchev–Trinajstić information content (AvgIpc) is 2.73. The van der Waals surface area contributed by atoms with Crippen molar-refractivity contribution in [1.29, 1.82) is 0 Å². The number of carboxylic acid groups (broad SMARTS) is 3. The van der Waals surface area contributed by atoms with Crippen LogP contribution >= 0.6 is 0 Å². The molecule has 0 fully saturated rings. The summed E-state index contributed by atoms with van der Waals surface area (Å²) in [5.74, 6) is -4.98. The van der Waals surface area contributed by atoms with Gasteiger partial charge in [0.1, 0.15) is 0 Å². The summed E-state index contributed by atoms with van der Waals surface area (Å²) < 4.78 is 0. The Hall–Kier alpha value is -4.46. The van der Waals surface area contributed by atoms with E-state index in [2.05, 4.69) is 5.32 Å². The predicted molar refractivity (Wildman–Crippen MR) is 107 cm³/mol. The van der Waals surface area contributed by atoms with Crippen molar-refractivity contribution < 1.29 is 34.5 Å². The van der Waals surface area contributed by atoms with E-state index in [0.717, 1.165) is 23.8 Å². The first-order valence-electron chi connectivity index (χ1n) is 8.62. The maximum absolute atomic E-state index is 12.7. The van der Waals surface area contributed by atoms with Crippen molar-refractivity contribution >= 4 is 29.5 Å². The zero-order valence-electron chi connectivity index (χ0n) is 15.3. The van der Waals surface area contributed by atoms with E-state index < -0.39 is 29.4 Å². The summed E-state index contributed by atoms with van der Waals surface area (Å²) in [5.41, 5.74) is 0.144. The number of nitrogens with one attached hydrogen (secondary N) is 1. The summed E-state index contributed by atoms with van der Waals surface area (Å²) in [4.78, 5) is 46.9. The number of amides is 1. The van der Waals surface area contributed by atoms with Gasteiger partial charge in [-0.15, -0.1) is 0 Å². The van der Waals surface area contributed by atoms with Crippen molar-refractivity contribution in [2.45, 2.75) is 0 Å². The van der Waals surface area contributed by atoms with E-state index in [1.165, 1.54) is 12.1 Å². The van der Waals surface area contributed by atoms with Crippen molar-refractivity contribution in [2.24, 2.45) is 0 Å². The lowest BCUT2D eigenvalue weighted by Gasteiger charge is -2.13. The summed E-state index contributed by atoms with van der Waals surface area (Å²) in [6.07, 6.45) is 0. The smallest absolute Gasteiger partial charge is 0.337 e. The largest absolute Gasteiger partial charge is 0.478 e. The molecule has 0 saturated heterocycles. The van der Waals surface area contributed by atoms with Crippen LogP contribution in [0.25, 0.3) is 11.1 Å². The van der Waals surface area contributed by atoms with Gasteiger partial charge in [-0.2, -0.15) is 0 Å². The molecule has 0 aromatic heterocycles. The van der Waals surface area contributed by atoms with Gasteiger partial charge in [0, 0.05) is 0 Å². The molecule has 0 aliphatic carbocycles. The van der Waals surface area contributed by atoms with Gasteiger partial charge in [0.15, 0.2) is 0 Å². The molecule has 8 heteroatoms. The highest BCUT2D eigenvalue weighted by Crippen LogP contribution is 2.27. The molecule has 0 radical (unpaired) electrons. The minimum absolute atomic E-state index is 0.0208. The molecule has 0 bridgehead atoms. The van der Waals surface area contributed by atoms with Gasteiger partial charge in [-0.1, -0.05) is 36.4 Å². The van der Waals surface area contributed by atoms with E-state index in [4.69, 9.17) is 5.11 Å². The van der Waals surface area contributed by atoms with Crippen molar-refractivity contribution in [2.75, 3.05) is 5.32 Å².